The lowest BCUT2D eigenvalue weighted by molar-refractivity contribution is 0.0772. The van der Waals surface area contributed by atoms with Crippen molar-refractivity contribution in [1.29, 1.82) is 0 Å². The van der Waals surface area contributed by atoms with Crippen LogP contribution in [0.5, 0.6) is 5.75 Å². The molecule has 1 unspecified atom stereocenters. The van der Waals surface area contributed by atoms with E-state index in [0.717, 1.165) is 17.5 Å². The zero-order valence-corrected chi connectivity index (χ0v) is 16.8. The largest absolute Gasteiger partial charge is 0.488 e. The lowest BCUT2D eigenvalue weighted by Crippen LogP contribution is -2.30. The summed E-state index contributed by atoms with van der Waals surface area (Å²) in [4.78, 5) is 19.1. The van der Waals surface area contributed by atoms with Crippen molar-refractivity contribution in [3.63, 3.8) is 0 Å². The maximum atomic E-state index is 12.7. The molecular formula is C25H21N3O3. The van der Waals surface area contributed by atoms with Gasteiger partial charge in [0.15, 0.2) is 0 Å². The van der Waals surface area contributed by atoms with Crippen molar-refractivity contribution in [1.82, 2.24) is 15.0 Å². The van der Waals surface area contributed by atoms with Gasteiger partial charge < -0.3 is 14.2 Å². The third kappa shape index (κ3) is 4.05. The quantitative estimate of drug-likeness (QED) is 0.476. The van der Waals surface area contributed by atoms with Gasteiger partial charge in [-0.15, -0.1) is 0 Å². The zero-order chi connectivity index (χ0) is 21.0. The zero-order valence-electron chi connectivity index (χ0n) is 16.8. The minimum absolute atomic E-state index is 0.0318. The molecule has 31 heavy (non-hydrogen) atoms. The van der Waals surface area contributed by atoms with Gasteiger partial charge in [-0.3, -0.25) is 4.79 Å². The molecule has 1 atom stereocenters. The number of aromatic nitrogens is 2. The molecule has 1 amide bonds. The van der Waals surface area contributed by atoms with Crippen molar-refractivity contribution in [2.75, 3.05) is 13.1 Å². The molecule has 0 bridgehead atoms. The molecule has 2 heterocycles. The monoisotopic (exact) mass is 411 g/mol. The molecule has 1 fully saturated rings. The summed E-state index contributed by atoms with van der Waals surface area (Å²) < 4.78 is 11.8. The average Bonchev–Trinajstić information content (AvgIpc) is 3.50. The fraction of sp³-hybridized carbons (Fsp3) is 0.160. The van der Waals surface area contributed by atoms with Gasteiger partial charge in [-0.25, -0.2) is 0 Å². The van der Waals surface area contributed by atoms with Crippen LogP contribution in [0.4, 0.5) is 0 Å². The molecular weight excluding hydrogens is 390 g/mol. The number of para-hydroxylation sites is 1. The molecule has 6 nitrogen and oxygen atoms in total. The van der Waals surface area contributed by atoms with Gasteiger partial charge in [-0.1, -0.05) is 65.8 Å². The van der Waals surface area contributed by atoms with Crippen LogP contribution in [0.1, 0.15) is 16.8 Å². The smallest absolute Gasteiger partial charge is 0.262 e. The molecule has 0 spiro atoms. The minimum atomic E-state index is -0.0923. The van der Waals surface area contributed by atoms with Gasteiger partial charge >= 0.3 is 0 Å². The number of likely N-dealkylation sites (tertiary alicyclic amines) is 1. The molecule has 1 aromatic heterocycles. The van der Waals surface area contributed by atoms with E-state index >= 15 is 0 Å². The van der Waals surface area contributed by atoms with E-state index in [4.69, 9.17) is 9.26 Å². The first-order valence-corrected chi connectivity index (χ1v) is 10.3. The standard InChI is InChI=1S/C25H21N3O3/c29-25(19-11-5-2-6-12-19)28-16-15-20(17-28)30-22-14-8-7-13-21(22)24-26-23(27-31-24)18-9-3-1-4-10-18/h1-14,20H,15-17H2. The molecule has 1 saturated heterocycles. The van der Waals surface area contributed by atoms with E-state index in [0.29, 0.717) is 36.1 Å². The van der Waals surface area contributed by atoms with Crippen molar-refractivity contribution < 1.29 is 14.1 Å². The van der Waals surface area contributed by atoms with Crippen molar-refractivity contribution in [2.45, 2.75) is 12.5 Å². The fourth-order valence-electron chi connectivity index (χ4n) is 3.74. The topological polar surface area (TPSA) is 68.5 Å². The van der Waals surface area contributed by atoms with E-state index in [1.807, 2.05) is 89.8 Å². The Hall–Kier alpha value is -3.93. The molecule has 1 aliphatic rings. The highest BCUT2D eigenvalue weighted by molar-refractivity contribution is 5.94. The maximum absolute atomic E-state index is 12.7. The van der Waals surface area contributed by atoms with Gasteiger partial charge in [-0.05, 0) is 24.3 Å². The minimum Gasteiger partial charge on any atom is -0.488 e. The summed E-state index contributed by atoms with van der Waals surface area (Å²) in [6.45, 7) is 1.21. The molecule has 154 valence electrons. The second-order valence-electron chi connectivity index (χ2n) is 7.43. The molecule has 6 heteroatoms. The van der Waals surface area contributed by atoms with Gasteiger partial charge in [0.05, 0.1) is 12.1 Å². The number of ether oxygens (including phenoxy) is 1. The van der Waals surface area contributed by atoms with Gasteiger partial charge in [-0.2, -0.15) is 4.98 Å². The van der Waals surface area contributed by atoms with Crippen molar-refractivity contribution >= 4 is 5.91 Å². The van der Waals surface area contributed by atoms with Gasteiger partial charge in [0.25, 0.3) is 11.8 Å². The molecule has 0 aliphatic carbocycles. The summed E-state index contributed by atoms with van der Waals surface area (Å²) in [5.74, 6) is 1.64. The van der Waals surface area contributed by atoms with Crippen molar-refractivity contribution in [3.05, 3.63) is 90.5 Å². The predicted octanol–water partition coefficient (Wildman–Crippen LogP) is 4.70. The third-order valence-corrected chi connectivity index (χ3v) is 5.32. The van der Waals surface area contributed by atoms with E-state index in [9.17, 15) is 4.79 Å². The normalized spacial score (nSPS) is 15.7. The van der Waals surface area contributed by atoms with Crippen LogP contribution in [0.3, 0.4) is 0 Å². The third-order valence-electron chi connectivity index (χ3n) is 5.32. The van der Waals surface area contributed by atoms with Crippen LogP contribution >= 0.6 is 0 Å². The molecule has 0 saturated carbocycles. The summed E-state index contributed by atoms with van der Waals surface area (Å²) in [6, 6.07) is 26.6. The predicted molar refractivity (Wildman–Crippen MR) is 117 cm³/mol. The number of nitrogens with zero attached hydrogens (tertiary/aromatic N) is 3. The van der Waals surface area contributed by atoms with Crippen LogP contribution in [0.2, 0.25) is 0 Å². The van der Waals surface area contributed by atoms with Crippen LogP contribution in [-0.2, 0) is 0 Å². The Morgan fingerprint density at radius 3 is 2.45 bits per heavy atom. The molecule has 0 N–H and O–H groups in total. The van der Waals surface area contributed by atoms with E-state index < -0.39 is 0 Å². The Labute approximate surface area is 180 Å². The first kappa shape index (κ1) is 19.1. The Morgan fingerprint density at radius 1 is 0.935 bits per heavy atom. The lowest BCUT2D eigenvalue weighted by atomic mass is 10.2. The van der Waals surface area contributed by atoms with Gasteiger partial charge in [0.1, 0.15) is 11.9 Å². The van der Waals surface area contributed by atoms with E-state index in [1.54, 1.807) is 0 Å². The second-order valence-corrected chi connectivity index (χ2v) is 7.43. The molecule has 3 aromatic carbocycles. The summed E-state index contributed by atoms with van der Waals surface area (Å²) in [5, 5.41) is 4.11. The fourth-order valence-corrected chi connectivity index (χ4v) is 3.74. The van der Waals surface area contributed by atoms with Crippen LogP contribution in [0, 0.1) is 0 Å². The van der Waals surface area contributed by atoms with Crippen molar-refractivity contribution in [2.24, 2.45) is 0 Å². The average molecular weight is 411 g/mol. The molecule has 5 rings (SSSR count). The highest BCUT2D eigenvalue weighted by Gasteiger charge is 2.29. The van der Waals surface area contributed by atoms with Gasteiger partial charge in [0, 0.05) is 24.1 Å². The number of rotatable bonds is 5. The lowest BCUT2D eigenvalue weighted by Gasteiger charge is -2.18. The summed E-state index contributed by atoms with van der Waals surface area (Å²) in [7, 11) is 0. The number of hydrogen-bond donors (Lipinski definition) is 0. The molecule has 0 radical (unpaired) electrons. The number of amides is 1. The Balaban J connectivity index is 1.32. The van der Waals surface area contributed by atoms with Crippen LogP contribution in [0.25, 0.3) is 22.8 Å². The number of benzene rings is 3. The van der Waals surface area contributed by atoms with Gasteiger partial charge in [0.2, 0.25) is 5.82 Å². The van der Waals surface area contributed by atoms with E-state index in [-0.39, 0.29) is 12.0 Å². The van der Waals surface area contributed by atoms with Crippen LogP contribution in [-0.4, -0.2) is 40.1 Å². The first-order chi connectivity index (χ1) is 15.3. The maximum Gasteiger partial charge on any atom is 0.262 e. The summed E-state index contributed by atoms with van der Waals surface area (Å²) in [5.41, 5.74) is 2.33. The highest BCUT2D eigenvalue weighted by atomic mass is 16.5. The summed E-state index contributed by atoms with van der Waals surface area (Å²) in [6.07, 6.45) is 0.678. The van der Waals surface area contributed by atoms with Crippen LogP contribution in [0.15, 0.2) is 89.5 Å². The second kappa shape index (κ2) is 8.44. The number of carbonyl (C=O) groups is 1. The molecule has 1 aliphatic heterocycles. The van der Waals surface area contributed by atoms with E-state index in [2.05, 4.69) is 10.1 Å². The highest BCUT2D eigenvalue weighted by Crippen LogP contribution is 2.32. The SMILES string of the molecule is O=C(c1ccccc1)N1CCC(Oc2ccccc2-c2nc(-c3ccccc3)no2)C1. The van der Waals surface area contributed by atoms with Crippen LogP contribution < -0.4 is 4.74 Å². The van der Waals surface area contributed by atoms with Crippen molar-refractivity contribution in [3.8, 4) is 28.6 Å². The van der Waals surface area contributed by atoms with E-state index in [1.165, 1.54) is 0 Å². The Morgan fingerprint density at radius 2 is 1.65 bits per heavy atom. The Bertz CT molecular complexity index is 1170. The number of carbonyl (C=O) groups excluding carboxylic acids is 1. The number of hydrogen-bond acceptors (Lipinski definition) is 5. The molecule has 4 aromatic rings. The Kier molecular flexibility index (Phi) is 5.19. The first-order valence-electron chi connectivity index (χ1n) is 10.3. The summed E-state index contributed by atoms with van der Waals surface area (Å²) >= 11 is 0.